The average molecular weight is 428 g/mol. The fourth-order valence-electron chi connectivity index (χ4n) is 3.73. The number of aliphatic carboxylic acids is 2. The Morgan fingerprint density at radius 1 is 1.00 bits per heavy atom. The van der Waals surface area contributed by atoms with E-state index >= 15 is 0 Å². The quantitative estimate of drug-likeness (QED) is 0.465. The average Bonchev–Trinajstić information content (AvgIpc) is 2.79. The maximum atomic E-state index is 9.10. The summed E-state index contributed by atoms with van der Waals surface area (Å²) >= 11 is 0. The Bertz CT molecular complexity index is 797. The predicted octanol–water partition coefficient (Wildman–Crippen LogP) is 4.79. The number of hydrogen-bond acceptors (Lipinski definition) is 4. The third kappa shape index (κ3) is 8.80. The molecule has 0 aromatic heterocycles. The van der Waals surface area contributed by atoms with E-state index in [1.165, 1.54) is 62.9 Å². The van der Waals surface area contributed by atoms with Gasteiger partial charge in [-0.3, -0.25) is 0 Å². The van der Waals surface area contributed by atoms with Crippen LogP contribution in [0.2, 0.25) is 0 Å². The number of unbranched alkanes of at least 4 members (excludes halogenated alkanes) is 2. The number of nitrogens with zero attached hydrogens (tertiary/aromatic N) is 1. The van der Waals surface area contributed by atoms with E-state index < -0.39 is 11.9 Å². The summed E-state index contributed by atoms with van der Waals surface area (Å²) in [5, 5.41) is 14.8. The highest BCUT2D eigenvalue weighted by Crippen LogP contribution is 2.30. The summed E-state index contributed by atoms with van der Waals surface area (Å²) in [7, 11) is 0. The van der Waals surface area contributed by atoms with Gasteiger partial charge in [0.2, 0.25) is 0 Å². The van der Waals surface area contributed by atoms with Crippen LogP contribution < -0.4 is 4.74 Å². The Hall–Kier alpha value is -2.86. The number of likely N-dealkylation sites (tertiary alicyclic amines) is 1. The molecule has 2 N–H and O–H groups in total. The van der Waals surface area contributed by atoms with Crippen molar-refractivity contribution in [3.8, 4) is 16.9 Å². The molecular weight excluding hydrogens is 394 g/mol. The smallest absolute Gasteiger partial charge is 0.414 e. The van der Waals surface area contributed by atoms with E-state index in [2.05, 4.69) is 66.4 Å². The summed E-state index contributed by atoms with van der Waals surface area (Å²) in [5.74, 6) is -1.99. The molecule has 1 fully saturated rings. The van der Waals surface area contributed by atoms with Crippen LogP contribution in [0.4, 0.5) is 0 Å². The van der Waals surface area contributed by atoms with E-state index in [1.54, 1.807) is 0 Å². The summed E-state index contributed by atoms with van der Waals surface area (Å²) in [4.78, 5) is 20.8. The lowest BCUT2D eigenvalue weighted by Crippen LogP contribution is -2.38. The van der Waals surface area contributed by atoms with Gasteiger partial charge in [0.15, 0.2) is 0 Å². The molecule has 6 nitrogen and oxygen atoms in total. The number of rotatable bonds is 8. The summed E-state index contributed by atoms with van der Waals surface area (Å²) in [6, 6.07) is 18.9. The van der Waals surface area contributed by atoms with Crippen LogP contribution in [0.15, 0.2) is 54.6 Å². The lowest BCUT2D eigenvalue weighted by atomic mass is 9.98. The highest BCUT2D eigenvalue weighted by atomic mass is 16.5. The van der Waals surface area contributed by atoms with Crippen molar-refractivity contribution in [2.45, 2.75) is 39.0 Å². The van der Waals surface area contributed by atoms with E-state index in [0.29, 0.717) is 5.92 Å². The SMILES string of the molecule is CCCCCN1CCCC(COc2ccccc2-c2ccccc2)C1.O=C(O)C(=O)O. The van der Waals surface area contributed by atoms with Gasteiger partial charge in [-0.25, -0.2) is 9.59 Å². The summed E-state index contributed by atoms with van der Waals surface area (Å²) in [5.41, 5.74) is 2.42. The van der Waals surface area contributed by atoms with Crippen LogP contribution in [0, 0.1) is 5.92 Å². The molecule has 0 saturated carbocycles. The second kappa shape index (κ2) is 13.4. The van der Waals surface area contributed by atoms with Gasteiger partial charge in [0, 0.05) is 18.0 Å². The molecule has 1 atom stereocenters. The monoisotopic (exact) mass is 427 g/mol. The Kier molecular flexibility index (Phi) is 10.6. The van der Waals surface area contributed by atoms with Crippen LogP contribution in [0.5, 0.6) is 5.75 Å². The number of hydrogen-bond donors (Lipinski definition) is 2. The molecule has 0 amide bonds. The van der Waals surface area contributed by atoms with Crippen molar-refractivity contribution in [2.24, 2.45) is 5.92 Å². The van der Waals surface area contributed by atoms with Crippen molar-refractivity contribution in [3.63, 3.8) is 0 Å². The fraction of sp³-hybridized carbons (Fsp3) is 0.440. The molecule has 1 aliphatic rings. The number of piperidine rings is 1. The number of ether oxygens (including phenoxy) is 1. The van der Waals surface area contributed by atoms with E-state index in [0.717, 1.165) is 12.4 Å². The second-order valence-corrected chi connectivity index (χ2v) is 7.80. The molecule has 2 aromatic carbocycles. The summed E-state index contributed by atoms with van der Waals surface area (Å²) in [6.45, 7) is 6.81. The molecule has 0 radical (unpaired) electrons. The van der Waals surface area contributed by atoms with Gasteiger partial charge >= 0.3 is 11.9 Å². The zero-order chi connectivity index (χ0) is 22.5. The standard InChI is InChI=1S/C23H31NO.C2H2O4/c1-2-3-9-16-24-17-10-11-20(18-24)19-25-23-15-8-7-14-22(23)21-12-5-4-6-13-21;3-1(4)2(5)6/h4-8,12-15,20H,2-3,9-11,16-19H2,1H3;(H,3,4)(H,5,6). The Labute approximate surface area is 184 Å². The minimum Gasteiger partial charge on any atom is -0.493 e. The molecule has 31 heavy (non-hydrogen) atoms. The normalized spacial score (nSPS) is 16.1. The minimum atomic E-state index is -1.82. The molecule has 0 spiro atoms. The van der Waals surface area contributed by atoms with E-state index in [1.807, 2.05) is 0 Å². The van der Waals surface area contributed by atoms with Gasteiger partial charge < -0.3 is 19.8 Å². The molecule has 168 valence electrons. The van der Waals surface area contributed by atoms with Crippen LogP contribution in [0.3, 0.4) is 0 Å². The van der Waals surface area contributed by atoms with Crippen molar-refractivity contribution in [1.29, 1.82) is 0 Å². The number of carbonyl (C=O) groups is 2. The molecule has 1 aliphatic heterocycles. The van der Waals surface area contributed by atoms with Gasteiger partial charge in [-0.15, -0.1) is 0 Å². The van der Waals surface area contributed by atoms with Crippen molar-refractivity contribution >= 4 is 11.9 Å². The highest BCUT2D eigenvalue weighted by Gasteiger charge is 2.20. The van der Waals surface area contributed by atoms with Crippen LogP contribution in [0.1, 0.15) is 39.0 Å². The molecule has 1 saturated heterocycles. The lowest BCUT2D eigenvalue weighted by molar-refractivity contribution is -0.159. The first kappa shape index (κ1) is 24.4. The van der Waals surface area contributed by atoms with Crippen molar-refractivity contribution in [3.05, 3.63) is 54.6 Å². The summed E-state index contributed by atoms with van der Waals surface area (Å²) in [6.07, 6.45) is 6.58. The first-order chi connectivity index (χ1) is 15.0. The Morgan fingerprint density at radius 3 is 2.35 bits per heavy atom. The zero-order valence-electron chi connectivity index (χ0n) is 18.2. The van der Waals surface area contributed by atoms with Crippen LogP contribution in [-0.4, -0.2) is 53.3 Å². The first-order valence-corrected chi connectivity index (χ1v) is 11.0. The lowest BCUT2D eigenvalue weighted by Gasteiger charge is -2.32. The Balaban J connectivity index is 0.000000501. The second-order valence-electron chi connectivity index (χ2n) is 7.80. The first-order valence-electron chi connectivity index (χ1n) is 11.0. The third-order valence-corrected chi connectivity index (χ3v) is 5.31. The Morgan fingerprint density at radius 2 is 1.68 bits per heavy atom. The van der Waals surface area contributed by atoms with E-state index in [-0.39, 0.29) is 0 Å². The number of para-hydroxylation sites is 1. The minimum absolute atomic E-state index is 0.652. The topological polar surface area (TPSA) is 87.1 Å². The molecule has 1 heterocycles. The molecular formula is C25H33NO5. The van der Waals surface area contributed by atoms with Gasteiger partial charge in [-0.1, -0.05) is 68.3 Å². The molecule has 0 aliphatic carbocycles. The van der Waals surface area contributed by atoms with Gasteiger partial charge in [0.1, 0.15) is 5.75 Å². The molecule has 1 unspecified atom stereocenters. The highest BCUT2D eigenvalue weighted by molar-refractivity contribution is 6.27. The summed E-state index contributed by atoms with van der Waals surface area (Å²) < 4.78 is 6.28. The van der Waals surface area contributed by atoms with Crippen LogP contribution in [0.25, 0.3) is 11.1 Å². The van der Waals surface area contributed by atoms with Gasteiger partial charge in [-0.05, 0) is 44.0 Å². The van der Waals surface area contributed by atoms with Gasteiger partial charge in [0.25, 0.3) is 0 Å². The van der Waals surface area contributed by atoms with Gasteiger partial charge in [-0.2, -0.15) is 0 Å². The van der Waals surface area contributed by atoms with Crippen LogP contribution >= 0.6 is 0 Å². The fourth-order valence-corrected chi connectivity index (χ4v) is 3.73. The number of benzene rings is 2. The van der Waals surface area contributed by atoms with Crippen molar-refractivity contribution < 1.29 is 24.5 Å². The van der Waals surface area contributed by atoms with Crippen molar-refractivity contribution in [1.82, 2.24) is 4.90 Å². The largest absolute Gasteiger partial charge is 0.493 e. The van der Waals surface area contributed by atoms with Gasteiger partial charge in [0.05, 0.1) is 6.61 Å². The molecule has 6 heteroatoms. The van der Waals surface area contributed by atoms with Crippen molar-refractivity contribution in [2.75, 3.05) is 26.2 Å². The van der Waals surface area contributed by atoms with E-state index in [9.17, 15) is 0 Å². The maximum absolute atomic E-state index is 9.10. The molecule has 3 rings (SSSR count). The third-order valence-electron chi connectivity index (χ3n) is 5.31. The molecule has 2 aromatic rings. The van der Waals surface area contributed by atoms with E-state index in [4.69, 9.17) is 24.5 Å². The zero-order valence-corrected chi connectivity index (χ0v) is 18.2. The number of carboxylic acid groups (broad SMARTS) is 2. The number of carboxylic acids is 2. The van der Waals surface area contributed by atoms with Crippen LogP contribution in [-0.2, 0) is 9.59 Å². The maximum Gasteiger partial charge on any atom is 0.414 e. The predicted molar refractivity (Wildman–Crippen MR) is 121 cm³/mol. The molecule has 0 bridgehead atoms.